The molecule has 0 radical (unpaired) electrons. The number of carbonyl (C=O) groups is 7. The van der Waals surface area contributed by atoms with Gasteiger partial charge in [-0.3, -0.25) is 33.6 Å². The van der Waals surface area contributed by atoms with Crippen molar-refractivity contribution in [3.63, 3.8) is 0 Å². The minimum absolute atomic E-state index is 0.00322. The zero-order valence-corrected chi connectivity index (χ0v) is 43.6. The second-order valence-corrected chi connectivity index (χ2v) is 20.6. The molecule has 20 nitrogen and oxygen atoms in total. The van der Waals surface area contributed by atoms with Crippen LogP contribution in [0.1, 0.15) is 130 Å². The van der Waals surface area contributed by atoms with E-state index in [4.69, 9.17) is 23.8 Å². The number of hydroxylamine groups is 1. The molecule has 3 aliphatic rings. The van der Waals surface area contributed by atoms with Crippen molar-refractivity contribution < 1.29 is 72.7 Å². The molecule has 1 unspecified atom stereocenters. The van der Waals surface area contributed by atoms with Gasteiger partial charge in [-0.25, -0.2) is 10.3 Å². The highest BCUT2D eigenvalue weighted by molar-refractivity contribution is 9.09. The fraction of sp³-hybridized carbons (Fsp3) is 0.857. The first kappa shape index (κ1) is 60.8. The van der Waals surface area contributed by atoms with E-state index in [0.29, 0.717) is 49.5 Å². The Morgan fingerprint density at radius 1 is 0.671 bits per heavy atom. The monoisotopic (exact) mass is 1060 g/mol. The number of fused-ring (bicyclic) bond motifs is 2. The van der Waals surface area contributed by atoms with Crippen molar-refractivity contribution in [2.45, 2.75) is 149 Å². The number of halogens is 1. The summed E-state index contributed by atoms with van der Waals surface area (Å²) in [4.78, 5) is 89.1. The Kier molecular flexibility index (Phi) is 28.3. The summed E-state index contributed by atoms with van der Waals surface area (Å²) in [6, 6.07) is -1.06. The normalized spacial score (nSPS) is 26.4. The maximum absolute atomic E-state index is 12.7. The second-order valence-electron chi connectivity index (χ2n) is 20.0. The fourth-order valence-electron chi connectivity index (χ4n) is 11.0. The highest BCUT2D eigenvalue weighted by Crippen LogP contribution is 2.59. The quantitative estimate of drug-likeness (QED) is 0.0265. The van der Waals surface area contributed by atoms with Crippen LogP contribution < -0.4 is 26.7 Å². The lowest BCUT2D eigenvalue weighted by atomic mass is 9.56. The van der Waals surface area contributed by atoms with Crippen molar-refractivity contribution in [2.24, 2.45) is 40.4 Å². The number of nitrogens with one attached hydrogen (secondary N) is 5. The lowest BCUT2D eigenvalue weighted by Gasteiger charge is -2.50. The number of amides is 5. The van der Waals surface area contributed by atoms with Crippen LogP contribution in [0.5, 0.6) is 0 Å². The molecule has 0 bridgehead atoms. The van der Waals surface area contributed by atoms with Crippen molar-refractivity contribution in [2.75, 3.05) is 77.8 Å². The van der Waals surface area contributed by atoms with E-state index in [-0.39, 0.29) is 143 Å². The molecule has 3 aliphatic carbocycles. The number of hydrogen-bond donors (Lipinski definition) is 8. The average molecular weight is 1060 g/mol. The number of aliphatic hydroxyl groups excluding tert-OH is 1. The van der Waals surface area contributed by atoms with Crippen LogP contribution in [-0.2, 0) is 57.3 Å². The molecule has 0 heterocycles. The molecule has 402 valence electrons. The second kappa shape index (κ2) is 32.6. The molecule has 0 spiro atoms. The SMILES string of the molecule is C[C@H](CCC(=O)O)[C@H]1CCC2[C@@H](C)CC[C@@H]3C[C@@H](ONC(=O)CCC(=O)NCCOCCOCC(=O)NCCOCCOCC(=O)N[C@@H](CCCCNC(=O)CBr)C(=O)O)CC[C@]3(C)CC[C@H](O)[C@@]21C. The van der Waals surface area contributed by atoms with Gasteiger partial charge in [0.15, 0.2) is 0 Å². The number of carboxylic acid groups (broad SMARTS) is 2. The van der Waals surface area contributed by atoms with Crippen molar-refractivity contribution in [1.29, 1.82) is 0 Å². The summed E-state index contributed by atoms with van der Waals surface area (Å²) in [5.74, 6) is -1.90. The van der Waals surface area contributed by atoms with Crippen LogP contribution in [0.3, 0.4) is 0 Å². The van der Waals surface area contributed by atoms with Gasteiger partial charge < -0.3 is 55.5 Å². The van der Waals surface area contributed by atoms with E-state index in [2.05, 4.69) is 70.4 Å². The average Bonchev–Trinajstić information content (AvgIpc) is 3.69. The lowest BCUT2D eigenvalue weighted by Crippen LogP contribution is -2.47. The van der Waals surface area contributed by atoms with Gasteiger partial charge in [-0.2, -0.15) is 0 Å². The Labute approximate surface area is 422 Å². The van der Waals surface area contributed by atoms with Crippen LogP contribution >= 0.6 is 15.9 Å². The van der Waals surface area contributed by atoms with Crippen LogP contribution in [0.2, 0.25) is 0 Å². The zero-order valence-electron chi connectivity index (χ0n) is 42.0. The number of carbonyl (C=O) groups excluding carboxylic acids is 5. The molecule has 0 aromatic carbocycles. The highest BCUT2D eigenvalue weighted by atomic mass is 79.9. The Bertz CT molecular complexity index is 1650. The van der Waals surface area contributed by atoms with Crippen molar-refractivity contribution in [3.8, 4) is 0 Å². The molecule has 0 aliphatic heterocycles. The first-order valence-corrected chi connectivity index (χ1v) is 26.5. The smallest absolute Gasteiger partial charge is 0.326 e. The molecular formula is C49H84BrN5O15. The third kappa shape index (κ3) is 21.7. The lowest BCUT2D eigenvalue weighted by molar-refractivity contribution is -0.146. The maximum Gasteiger partial charge on any atom is 0.326 e. The molecule has 3 fully saturated rings. The van der Waals surface area contributed by atoms with Crippen molar-refractivity contribution >= 4 is 57.4 Å². The summed E-state index contributed by atoms with van der Waals surface area (Å²) in [7, 11) is 0. The molecule has 10 atom stereocenters. The van der Waals surface area contributed by atoms with Gasteiger partial charge >= 0.3 is 11.9 Å². The number of alkyl halides is 1. The molecule has 70 heavy (non-hydrogen) atoms. The molecule has 0 aromatic rings. The number of aliphatic hydroxyl groups is 1. The third-order valence-electron chi connectivity index (χ3n) is 15.1. The van der Waals surface area contributed by atoms with E-state index >= 15 is 0 Å². The van der Waals surface area contributed by atoms with Crippen LogP contribution in [0.25, 0.3) is 0 Å². The number of aliphatic carboxylic acids is 2. The van der Waals surface area contributed by atoms with Crippen LogP contribution in [0.15, 0.2) is 0 Å². The number of ether oxygens (including phenoxy) is 4. The Morgan fingerprint density at radius 3 is 1.94 bits per heavy atom. The summed E-state index contributed by atoms with van der Waals surface area (Å²) in [6.45, 7) is 10.5. The summed E-state index contributed by atoms with van der Waals surface area (Å²) >= 11 is 3.04. The van der Waals surface area contributed by atoms with E-state index < -0.39 is 30.0 Å². The summed E-state index contributed by atoms with van der Waals surface area (Å²) in [6.07, 6.45) is 9.86. The van der Waals surface area contributed by atoms with Crippen molar-refractivity contribution in [1.82, 2.24) is 26.7 Å². The predicted molar refractivity (Wildman–Crippen MR) is 261 cm³/mol. The highest BCUT2D eigenvalue weighted by Gasteiger charge is 2.55. The molecule has 5 amide bonds. The van der Waals surface area contributed by atoms with Gasteiger partial charge in [-0.05, 0) is 117 Å². The summed E-state index contributed by atoms with van der Waals surface area (Å²) < 4.78 is 21.4. The Balaban J connectivity index is 1.17. The molecule has 21 heteroatoms. The molecule has 3 saturated carbocycles. The molecule has 0 saturated heterocycles. The van der Waals surface area contributed by atoms with E-state index in [0.717, 1.165) is 57.8 Å². The maximum atomic E-state index is 12.7. The van der Waals surface area contributed by atoms with Crippen LogP contribution in [-0.4, -0.2) is 153 Å². The summed E-state index contributed by atoms with van der Waals surface area (Å²) in [5, 5.41) is 41.3. The van der Waals surface area contributed by atoms with Gasteiger partial charge in [0, 0.05) is 38.9 Å². The Hall–Kier alpha value is -3.47. The fourth-order valence-corrected chi connectivity index (χ4v) is 11.2. The van der Waals surface area contributed by atoms with E-state index in [1.165, 1.54) is 0 Å². The zero-order chi connectivity index (χ0) is 51.5. The Morgan fingerprint density at radius 2 is 1.29 bits per heavy atom. The largest absolute Gasteiger partial charge is 0.481 e. The standard InChI is InChI=1S/C49H84BrN5O15/c1-33-8-10-35-29-36(16-18-48(35,3)19-17-40(56)49(4)37(33)11-12-38(49)34(2)9-15-46(62)63)70-55-42(58)14-13-41(57)52-21-23-66-25-27-68-31-44(60)53-22-24-67-26-28-69-32-45(61)54-39(47(64)65)7-5-6-20-51-43(59)30-50/h33-40,56H,5-32H2,1-4H3,(H,51,59)(H,52,57)(H,53,60)(H,54,61)(H,55,58)(H,62,63)(H,64,65)/t33-,34+,35+,36-,37?,38+,39-,40-,48+,49-/m0/s1. The molecule has 3 rings (SSSR count). The van der Waals surface area contributed by atoms with Gasteiger partial charge in [-0.1, -0.05) is 50.0 Å². The van der Waals surface area contributed by atoms with Gasteiger partial charge in [-0.15, -0.1) is 0 Å². The van der Waals surface area contributed by atoms with Gasteiger partial charge in [0.25, 0.3) is 0 Å². The van der Waals surface area contributed by atoms with Gasteiger partial charge in [0.2, 0.25) is 29.5 Å². The molecular weight excluding hydrogens is 978 g/mol. The first-order chi connectivity index (χ1) is 33.4. The topological polar surface area (TPSA) is 286 Å². The van der Waals surface area contributed by atoms with E-state index in [1.807, 2.05) is 0 Å². The number of unbranched alkanes of at least 4 members (excludes halogenated alkanes) is 1. The summed E-state index contributed by atoms with van der Waals surface area (Å²) in [5.41, 5.74) is 2.40. The van der Waals surface area contributed by atoms with Crippen molar-refractivity contribution in [3.05, 3.63) is 0 Å². The minimum Gasteiger partial charge on any atom is -0.481 e. The number of carboxylic acids is 2. The van der Waals surface area contributed by atoms with Crippen LogP contribution in [0, 0.1) is 40.4 Å². The molecule has 0 aromatic heterocycles. The van der Waals surface area contributed by atoms with E-state index in [1.54, 1.807) is 0 Å². The number of rotatable bonds is 33. The van der Waals surface area contributed by atoms with E-state index in [9.17, 15) is 48.9 Å². The number of hydrogen-bond acceptors (Lipinski definition) is 13. The predicted octanol–water partition coefficient (Wildman–Crippen LogP) is 3.64. The third-order valence-corrected chi connectivity index (χ3v) is 15.6. The van der Waals surface area contributed by atoms with Crippen LogP contribution in [0.4, 0.5) is 0 Å². The first-order valence-electron chi connectivity index (χ1n) is 25.4. The van der Waals surface area contributed by atoms with Gasteiger partial charge in [0.1, 0.15) is 19.3 Å². The molecule has 8 N–H and O–H groups in total. The minimum atomic E-state index is -1.15. The van der Waals surface area contributed by atoms with Gasteiger partial charge in [0.05, 0.1) is 57.2 Å².